The minimum Gasteiger partial charge on any atom is -0.466 e. The first-order chi connectivity index (χ1) is 12.3. The second-order valence-electron chi connectivity index (χ2n) is 5.83. The number of carbonyl (C=O) groups excluding carboxylic acids is 1. The number of hydrogen-bond acceptors (Lipinski definition) is 3. The predicted octanol–water partition coefficient (Wildman–Crippen LogP) is 4.26. The molecule has 2 aromatic heterocycles. The molecule has 0 amide bonds. The number of fused-ring (bicyclic) bond motifs is 3. The second-order valence-corrected chi connectivity index (χ2v) is 5.83. The Labute approximate surface area is 145 Å². The van der Waals surface area contributed by atoms with Crippen LogP contribution in [0.25, 0.3) is 27.8 Å². The van der Waals surface area contributed by atoms with Gasteiger partial charge in [0.05, 0.1) is 24.1 Å². The molecule has 0 fully saturated rings. The van der Waals surface area contributed by atoms with E-state index >= 15 is 0 Å². The molecule has 0 unspecified atom stereocenters. The maximum atomic E-state index is 12.1. The molecule has 25 heavy (non-hydrogen) atoms. The largest absolute Gasteiger partial charge is 0.466 e. The van der Waals surface area contributed by atoms with E-state index in [1.54, 1.807) is 6.20 Å². The number of hydrogen-bond donors (Lipinski definition) is 0. The quantitative estimate of drug-likeness (QED) is 0.525. The molecule has 2 aromatic carbocycles. The van der Waals surface area contributed by atoms with Crippen molar-refractivity contribution in [1.82, 2.24) is 9.38 Å². The standard InChI is InChI=1S/C21H18N2O2/c1-2-25-20(24)14-17-16-10-6-7-11-18(16)23-19(17)12-13-22-21(23)15-8-4-3-5-9-15/h3-13H,2,14H2,1H3. The van der Waals surface area contributed by atoms with Gasteiger partial charge in [-0.15, -0.1) is 0 Å². The molecule has 4 nitrogen and oxygen atoms in total. The van der Waals surface area contributed by atoms with Gasteiger partial charge < -0.3 is 4.74 Å². The lowest BCUT2D eigenvalue weighted by atomic mass is 10.1. The van der Waals surface area contributed by atoms with Crippen LogP contribution in [0.5, 0.6) is 0 Å². The Bertz CT molecular complexity index is 1050. The fourth-order valence-electron chi connectivity index (χ4n) is 3.30. The van der Waals surface area contributed by atoms with Crippen LogP contribution in [0.2, 0.25) is 0 Å². The molecule has 4 heteroatoms. The normalized spacial score (nSPS) is 11.1. The third-order valence-corrected chi connectivity index (χ3v) is 4.32. The molecule has 0 aliphatic heterocycles. The zero-order chi connectivity index (χ0) is 17.2. The van der Waals surface area contributed by atoms with Crippen molar-refractivity contribution in [2.75, 3.05) is 6.61 Å². The molecule has 0 atom stereocenters. The van der Waals surface area contributed by atoms with E-state index in [0.717, 1.165) is 33.4 Å². The van der Waals surface area contributed by atoms with E-state index in [1.165, 1.54) is 0 Å². The van der Waals surface area contributed by atoms with Crippen LogP contribution in [0.3, 0.4) is 0 Å². The van der Waals surface area contributed by atoms with Gasteiger partial charge in [0.15, 0.2) is 0 Å². The van der Waals surface area contributed by atoms with Gasteiger partial charge in [0, 0.05) is 17.1 Å². The average Bonchev–Trinajstić information content (AvgIpc) is 2.97. The number of esters is 1. The van der Waals surface area contributed by atoms with Crippen LogP contribution in [0, 0.1) is 0 Å². The van der Waals surface area contributed by atoms with Gasteiger partial charge in [0.2, 0.25) is 0 Å². The topological polar surface area (TPSA) is 43.6 Å². The van der Waals surface area contributed by atoms with Gasteiger partial charge in [-0.25, -0.2) is 4.98 Å². The molecular formula is C21H18N2O2. The van der Waals surface area contributed by atoms with Crippen molar-refractivity contribution in [3.8, 4) is 11.4 Å². The maximum absolute atomic E-state index is 12.1. The van der Waals surface area contributed by atoms with Gasteiger partial charge in [0.1, 0.15) is 5.82 Å². The Morgan fingerprint density at radius 1 is 1.00 bits per heavy atom. The minimum absolute atomic E-state index is 0.209. The molecule has 2 heterocycles. The third kappa shape index (κ3) is 2.66. The highest BCUT2D eigenvalue weighted by molar-refractivity contribution is 5.96. The fourth-order valence-corrected chi connectivity index (χ4v) is 3.30. The summed E-state index contributed by atoms with van der Waals surface area (Å²) in [5, 5.41) is 1.06. The van der Waals surface area contributed by atoms with Crippen molar-refractivity contribution in [3.63, 3.8) is 0 Å². The van der Waals surface area contributed by atoms with E-state index in [0.29, 0.717) is 6.61 Å². The molecular weight excluding hydrogens is 312 g/mol. The zero-order valence-electron chi connectivity index (χ0n) is 14.0. The SMILES string of the molecule is CCOC(=O)Cc1c2ccccc2n2c(-c3ccccc3)nccc12. The molecule has 0 bridgehead atoms. The predicted molar refractivity (Wildman–Crippen MR) is 98.5 cm³/mol. The van der Waals surface area contributed by atoms with E-state index in [4.69, 9.17) is 4.74 Å². The lowest BCUT2D eigenvalue weighted by Gasteiger charge is -2.07. The van der Waals surface area contributed by atoms with Gasteiger partial charge in [-0.2, -0.15) is 0 Å². The summed E-state index contributed by atoms with van der Waals surface area (Å²) in [7, 11) is 0. The fraction of sp³-hybridized carbons (Fsp3) is 0.143. The number of ether oxygens (including phenoxy) is 1. The smallest absolute Gasteiger partial charge is 0.310 e. The molecule has 0 saturated carbocycles. The summed E-state index contributed by atoms with van der Waals surface area (Å²) in [4.78, 5) is 16.7. The molecule has 0 aliphatic carbocycles. The Hall–Kier alpha value is -3.14. The van der Waals surface area contributed by atoms with Crippen LogP contribution in [0.1, 0.15) is 12.5 Å². The molecule has 124 valence electrons. The summed E-state index contributed by atoms with van der Waals surface area (Å²) in [5.41, 5.74) is 4.05. The van der Waals surface area contributed by atoms with E-state index in [1.807, 2.05) is 61.5 Å². The van der Waals surface area contributed by atoms with Crippen LogP contribution in [-0.2, 0) is 16.0 Å². The molecule has 0 spiro atoms. The van der Waals surface area contributed by atoms with Crippen LogP contribution >= 0.6 is 0 Å². The van der Waals surface area contributed by atoms with Crippen LogP contribution in [0.4, 0.5) is 0 Å². The number of para-hydroxylation sites is 1. The number of carbonyl (C=O) groups is 1. The molecule has 4 rings (SSSR count). The molecule has 0 saturated heterocycles. The number of aromatic nitrogens is 2. The summed E-state index contributed by atoms with van der Waals surface area (Å²) in [6.07, 6.45) is 2.05. The summed E-state index contributed by atoms with van der Waals surface area (Å²) in [5.74, 6) is 0.656. The maximum Gasteiger partial charge on any atom is 0.310 e. The first-order valence-corrected chi connectivity index (χ1v) is 8.37. The number of rotatable bonds is 4. The highest BCUT2D eigenvalue weighted by Crippen LogP contribution is 2.31. The molecule has 0 aliphatic rings. The van der Waals surface area contributed by atoms with E-state index in [-0.39, 0.29) is 12.4 Å². The third-order valence-electron chi connectivity index (χ3n) is 4.32. The Morgan fingerprint density at radius 3 is 2.56 bits per heavy atom. The zero-order valence-corrected chi connectivity index (χ0v) is 14.0. The second kappa shape index (κ2) is 6.40. The Balaban J connectivity index is 2.01. The van der Waals surface area contributed by atoms with Gasteiger partial charge in [0.25, 0.3) is 0 Å². The highest BCUT2D eigenvalue weighted by atomic mass is 16.5. The van der Waals surface area contributed by atoms with Gasteiger partial charge in [-0.3, -0.25) is 9.20 Å². The van der Waals surface area contributed by atoms with E-state index < -0.39 is 0 Å². The number of benzene rings is 2. The lowest BCUT2D eigenvalue weighted by Crippen LogP contribution is -2.07. The lowest BCUT2D eigenvalue weighted by molar-refractivity contribution is -0.142. The summed E-state index contributed by atoms with van der Waals surface area (Å²) in [6.45, 7) is 2.21. The highest BCUT2D eigenvalue weighted by Gasteiger charge is 2.17. The summed E-state index contributed by atoms with van der Waals surface area (Å²) in [6, 6.07) is 20.1. The average molecular weight is 330 g/mol. The van der Waals surface area contributed by atoms with Crippen molar-refractivity contribution >= 4 is 22.4 Å². The van der Waals surface area contributed by atoms with Crippen LogP contribution in [0.15, 0.2) is 66.9 Å². The Kier molecular flexibility index (Phi) is 3.94. The van der Waals surface area contributed by atoms with Gasteiger partial charge in [-0.05, 0) is 24.6 Å². The van der Waals surface area contributed by atoms with Gasteiger partial charge in [-0.1, -0.05) is 48.5 Å². The summed E-state index contributed by atoms with van der Waals surface area (Å²) >= 11 is 0. The van der Waals surface area contributed by atoms with Crippen LogP contribution < -0.4 is 0 Å². The molecule has 0 radical (unpaired) electrons. The van der Waals surface area contributed by atoms with Crippen molar-refractivity contribution in [1.29, 1.82) is 0 Å². The molecule has 4 aromatic rings. The van der Waals surface area contributed by atoms with Crippen molar-refractivity contribution < 1.29 is 9.53 Å². The van der Waals surface area contributed by atoms with Crippen LogP contribution in [-0.4, -0.2) is 22.0 Å². The van der Waals surface area contributed by atoms with Crippen molar-refractivity contribution in [2.45, 2.75) is 13.3 Å². The monoisotopic (exact) mass is 330 g/mol. The first-order valence-electron chi connectivity index (χ1n) is 8.37. The number of nitrogens with zero attached hydrogens (tertiary/aromatic N) is 2. The van der Waals surface area contributed by atoms with Crippen molar-refractivity contribution in [2.24, 2.45) is 0 Å². The molecule has 0 N–H and O–H groups in total. The van der Waals surface area contributed by atoms with Gasteiger partial charge >= 0.3 is 5.97 Å². The van der Waals surface area contributed by atoms with E-state index in [9.17, 15) is 4.79 Å². The first kappa shape index (κ1) is 15.4. The minimum atomic E-state index is -0.209. The van der Waals surface area contributed by atoms with E-state index in [2.05, 4.69) is 15.5 Å². The Morgan fingerprint density at radius 2 is 1.76 bits per heavy atom. The van der Waals surface area contributed by atoms with Crippen molar-refractivity contribution in [3.05, 3.63) is 72.4 Å². The summed E-state index contributed by atoms with van der Waals surface area (Å²) < 4.78 is 7.29.